The number of rotatable bonds is 11. The molecule has 7 N–H and O–H groups in total. The van der Waals surface area contributed by atoms with Crippen molar-refractivity contribution in [3.63, 3.8) is 0 Å². The van der Waals surface area contributed by atoms with Crippen molar-refractivity contribution in [2.75, 3.05) is 63.4 Å². The van der Waals surface area contributed by atoms with E-state index in [1.165, 1.54) is 42.7 Å². The second kappa shape index (κ2) is 15.9. The van der Waals surface area contributed by atoms with Gasteiger partial charge in [-0.2, -0.15) is 18.3 Å². The molecule has 312 valence electrons. The molecule has 6 heterocycles. The highest BCUT2D eigenvalue weighted by molar-refractivity contribution is 6.34. The number of nitrogens with one attached hydrogen (secondary N) is 4. The highest BCUT2D eigenvalue weighted by Gasteiger charge is 2.56. The van der Waals surface area contributed by atoms with E-state index in [0.29, 0.717) is 38.4 Å². The van der Waals surface area contributed by atoms with Crippen molar-refractivity contribution in [3.8, 4) is 11.4 Å². The number of nitrogens with two attached hydrogens (primary N) is 1. The topological polar surface area (TPSA) is 219 Å². The monoisotopic (exact) mass is 837 g/mol. The first-order chi connectivity index (χ1) is 28.2. The van der Waals surface area contributed by atoms with Gasteiger partial charge in [0.1, 0.15) is 0 Å². The number of carbonyl (C=O) groups excluding carboxylic acids is 3. The van der Waals surface area contributed by atoms with Crippen LogP contribution in [-0.4, -0.2) is 127 Å². The van der Waals surface area contributed by atoms with E-state index in [9.17, 15) is 37.5 Å². The van der Waals surface area contributed by atoms with E-state index in [2.05, 4.69) is 35.8 Å². The molecule has 1 saturated carbocycles. The number of likely N-dealkylation sites (tertiary alicyclic amines) is 1. The molecule has 0 radical (unpaired) electrons. The fourth-order valence-corrected chi connectivity index (χ4v) is 8.94. The number of halogens is 4. The average Bonchev–Trinajstić information content (AvgIpc) is 3.54. The van der Waals surface area contributed by atoms with E-state index in [0.717, 1.165) is 38.8 Å². The van der Waals surface area contributed by atoms with Gasteiger partial charge in [0.25, 0.3) is 11.8 Å². The van der Waals surface area contributed by atoms with Crippen LogP contribution in [0.3, 0.4) is 0 Å². The van der Waals surface area contributed by atoms with E-state index in [1.54, 1.807) is 4.90 Å². The van der Waals surface area contributed by atoms with Crippen LogP contribution in [0, 0.1) is 17.8 Å². The van der Waals surface area contributed by atoms with Gasteiger partial charge in [-0.15, -0.1) is 0 Å². The summed E-state index contributed by atoms with van der Waals surface area (Å²) in [6.07, 6.45) is 0.629. The van der Waals surface area contributed by atoms with Crippen LogP contribution in [0.5, 0.6) is 0 Å². The lowest BCUT2D eigenvalue weighted by molar-refractivity contribution is -0.148. The van der Waals surface area contributed by atoms with Gasteiger partial charge in [0.2, 0.25) is 5.91 Å². The third kappa shape index (κ3) is 8.36. The van der Waals surface area contributed by atoms with Crippen LogP contribution in [-0.2, 0) is 22.2 Å². The van der Waals surface area contributed by atoms with E-state index in [4.69, 9.17) is 17.3 Å². The lowest BCUT2D eigenvalue weighted by atomic mass is 9.73. The van der Waals surface area contributed by atoms with E-state index in [1.807, 2.05) is 9.80 Å². The number of imidazole rings is 1. The number of piperidine rings is 1. The molecule has 1 spiro atoms. The number of nitrogen functional groups attached to an aromatic ring is 1. The molecule has 1 aromatic carbocycles. The van der Waals surface area contributed by atoms with Crippen molar-refractivity contribution < 1.29 is 37.5 Å². The van der Waals surface area contributed by atoms with Gasteiger partial charge >= 0.3 is 12.1 Å². The zero-order valence-corrected chi connectivity index (χ0v) is 32.6. The Morgan fingerprint density at radius 1 is 1.02 bits per heavy atom. The molecule has 4 aliphatic rings. The van der Waals surface area contributed by atoms with Crippen LogP contribution in [0.2, 0.25) is 5.02 Å². The predicted octanol–water partition coefficient (Wildman–Crippen LogP) is 3.74. The minimum absolute atomic E-state index is 0.00303. The molecular weight excluding hydrogens is 795 g/mol. The summed E-state index contributed by atoms with van der Waals surface area (Å²) in [4.78, 5) is 69.3. The van der Waals surface area contributed by atoms with Crippen LogP contribution in [0.4, 0.5) is 24.5 Å². The smallest absolute Gasteiger partial charge is 0.435 e. The number of aromatic amines is 2. The Balaban J connectivity index is 0.900. The number of hydrogen-bond donors (Lipinski definition) is 6. The molecule has 3 aliphatic heterocycles. The number of piperazine rings is 1. The molecule has 4 aromatic rings. The maximum Gasteiger partial charge on any atom is 0.435 e. The molecule has 4 fully saturated rings. The number of pyridine rings is 1. The highest BCUT2D eigenvalue weighted by atomic mass is 35.5. The lowest BCUT2D eigenvalue weighted by Crippen LogP contribution is -2.62. The van der Waals surface area contributed by atoms with Crippen LogP contribution < -0.4 is 16.4 Å². The van der Waals surface area contributed by atoms with E-state index >= 15 is 0 Å². The summed E-state index contributed by atoms with van der Waals surface area (Å²) >= 11 is 6.63. The third-order valence-corrected chi connectivity index (χ3v) is 12.3. The molecule has 3 saturated heterocycles. The van der Waals surface area contributed by atoms with Gasteiger partial charge in [-0.3, -0.25) is 34.2 Å². The van der Waals surface area contributed by atoms with Gasteiger partial charge in [0, 0.05) is 55.1 Å². The summed E-state index contributed by atoms with van der Waals surface area (Å²) in [5.74, 6) is -1.63. The van der Waals surface area contributed by atoms with Crippen LogP contribution >= 0.6 is 11.6 Å². The van der Waals surface area contributed by atoms with Crippen molar-refractivity contribution in [2.45, 2.75) is 43.8 Å². The number of carboxylic acid groups (broad SMARTS) is 1. The number of carbonyl (C=O) groups is 4. The number of carboxylic acids is 1. The predicted molar refractivity (Wildman–Crippen MR) is 208 cm³/mol. The summed E-state index contributed by atoms with van der Waals surface area (Å²) in [5.41, 5.74) is 5.23. The van der Waals surface area contributed by atoms with Crippen molar-refractivity contribution >= 4 is 46.7 Å². The number of alkyl halides is 3. The SMILES string of the molecule is Nc1ccc(-c2[nH]nc(C(F)(F)F)c2Cc2cnc(C(=O)Nc3ccc(C(=O)N4CCN(C(=O)C(C5CCN(CC(=O)O)CC5)C5CNC5)C5(CC5)C4)c(Cl)c3)[nH]2)nc1. The third-order valence-electron chi connectivity index (χ3n) is 12.0. The summed E-state index contributed by atoms with van der Waals surface area (Å²) in [7, 11) is 0. The van der Waals surface area contributed by atoms with Gasteiger partial charge in [0.05, 0.1) is 45.9 Å². The van der Waals surface area contributed by atoms with E-state index in [-0.39, 0.29) is 87.3 Å². The quantitative estimate of drug-likeness (QED) is 0.128. The number of aliphatic carboxylic acids is 1. The number of amides is 3. The second-order valence-electron chi connectivity index (χ2n) is 15.9. The van der Waals surface area contributed by atoms with Gasteiger partial charge in [0.15, 0.2) is 11.5 Å². The zero-order chi connectivity index (χ0) is 41.6. The molecule has 3 aromatic heterocycles. The minimum atomic E-state index is -4.76. The van der Waals surface area contributed by atoms with Gasteiger partial charge in [-0.25, -0.2) is 4.98 Å². The van der Waals surface area contributed by atoms with Crippen molar-refractivity contribution in [1.29, 1.82) is 0 Å². The molecule has 20 heteroatoms. The Bertz CT molecular complexity index is 2250. The fraction of sp³-hybridized carbons (Fsp3) is 0.462. The molecule has 59 heavy (non-hydrogen) atoms. The molecule has 1 atom stereocenters. The maximum atomic E-state index is 14.3. The molecule has 16 nitrogen and oxygen atoms in total. The van der Waals surface area contributed by atoms with Gasteiger partial charge < -0.3 is 36.3 Å². The molecular formula is C39H43ClF3N11O5. The summed E-state index contributed by atoms with van der Waals surface area (Å²) < 4.78 is 41.7. The van der Waals surface area contributed by atoms with Crippen LogP contribution in [0.1, 0.15) is 63.6 Å². The first-order valence-corrected chi connectivity index (χ1v) is 19.8. The molecule has 0 bridgehead atoms. The Morgan fingerprint density at radius 3 is 2.41 bits per heavy atom. The maximum absolute atomic E-state index is 14.3. The number of benzene rings is 1. The van der Waals surface area contributed by atoms with Crippen molar-refractivity contribution in [2.24, 2.45) is 17.8 Å². The number of H-pyrrole nitrogens is 2. The average molecular weight is 838 g/mol. The number of aromatic nitrogens is 5. The van der Waals surface area contributed by atoms with Gasteiger partial charge in [-0.05, 0) is 94.0 Å². The minimum Gasteiger partial charge on any atom is -0.480 e. The summed E-state index contributed by atoms with van der Waals surface area (Å²) in [6.45, 7) is 3.95. The van der Waals surface area contributed by atoms with Gasteiger partial charge in [-0.1, -0.05) is 11.6 Å². The van der Waals surface area contributed by atoms with Crippen molar-refractivity contribution in [1.82, 2.24) is 45.2 Å². The number of nitrogens with zero attached hydrogens (tertiary/aromatic N) is 6. The summed E-state index contributed by atoms with van der Waals surface area (Å²) in [6, 6.07) is 7.46. The molecule has 8 rings (SSSR count). The molecule has 1 aliphatic carbocycles. The normalized spacial score (nSPS) is 19.1. The number of hydrogen-bond acceptors (Lipinski definition) is 10. The van der Waals surface area contributed by atoms with E-state index < -0.39 is 29.3 Å². The molecule has 1 unspecified atom stereocenters. The lowest BCUT2D eigenvalue weighted by Gasteiger charge is -2.48. The van der Waals surface area contributed by atoms with Crippen LogP contribution in [0.15, 0.2) is 42.7 Å². The van der Waals surface area contributed by atoms with Crippen LogP contribution in [0.25, 0.3) is 11.4 Å². The first-order valence-electron chi connectivity index (χ1n) is 19.5. The Kier molecular flexibility index (Phi) is 10.9. The zero-order valence-electron chi connectivity index (χ0n) is 31.8. The highest BCUT2D eigenvalue weighted by Crippen LogP contribution is 2.47. The Morgan fingerprint density at radius 2 is 1.78 bits per heavy atom. The summed E-state index contributed by atoms with van der Waals surface area (Å²) in [5, 5.41) is 21.2. The first kappa shape index (κ1) is 40.3. The fourth-order valence-electron chi connectivity index (χ4n) is 8.68. The largest absolute Gasteiger partial charge is 0.480 e. The standard InChI is InChI=1S/C39H43ClF3N11O5/c40-28-14-24(49-35(57)34-47-18-25(48-34)13-27-32(29-4-1-23(44)17-46-29)50-51-33(27)39(41,42)43)2-3-26(28)36(58)53-11-12-54(38(20-53)7-8-38)37(59)31(22-15-45-16-22)21-5-9-52(10-6-21)19-30(55)56/h1-4,14,17-18,21-22,31,45H,5-13,15-16,19-20,44H2,(H,47,48)(H,49,57)(H,50,51)(H,55,56). The second-order valence-corrected chi connectivity index (χ2v) is 16.3. The Hall–Kier alpha value is -5.53. The molecule has 3 amide bonds. The Labute approximate surface area is 341 Å². The number of anilines is 2. The van der Waals surface area contributed by atoms with Crippen molar-refractivity contribution in [3.05, 3.63) is 76.1 Å².